The quantitative estimate of drug-likeness (QED) is 0.496. The van der Waals surface area contributed by atoms with Gasteiger partial charge in [0.1, 0.15) is 6.10 Å². The maximum atomic E-state index is 11.7. The number of carbonyl (C=O) groups excluding carboxylic acids is 2. The van der Waals surface area contributed by atoms with Gasteiger partial charge in [0.15, 0.2) is 0 Å². The molecule has 1 saturated carbocycles. The second-order valence-corrected chi connectivity index (χ2v) is 6.62. The Morgan fingerprint density at radius 3 is 2.84 bits per heavy atom. The second-order valence-electron chi connectivity index (χ2n) is 6.62. The Balaban J connectivity index is 1.93. The molecule has 104 valence electrons. The van der Waals surface area contributed by atoms with E-state index in [1.165, 1.54) is 0 Å². The summed E-state index contributed by atoms with van der Waals surface area (Å²) in [5, 5.41) is 0. The van der Waals surface area contributed by atoms with E-state index >= 15 is 0 Å². The van der Waals surface area contributed by atoms with Crippen LogP contribution in [0.4, 0.5) is 0 Å². The SMILES string of the molecule is C=C1C(=O)O[C@H]2C[C@@H](C)[C@@H]3CC(=O)OC[C@@]3(C)C[C@@H]12. The molecule has 3 rings (SSSR count). The summed E-state index contributed by atoms with van der Waals surface area (Å²) in [6.45, 7) is 8.65. The molecular weight excluding hydrogens is 244 g/mol. The van der Waals surface area contributed by atoms with Crippen LogP contribution < -0.4 is 0 Å². The van der Waals surface area contributed by atoms with Gasteiger partial charge in [0.05, 0.1) is 6.61 Å². The van der Waals surface area contributed by atoms with Gasteiger partial charge >= 0.3 is 11.9 Å². The summed E-state index contributed by atoms with van der Waals surface area (Å²) >= 11 is 0. The standard InChI is InChI=1S/C15H20O4/c1-8-4-12-10(9(2)14(17)19-12)6-15(3)7-18-13(16)5-11(8)15/h8,10-12H,2,4-7H2,1,3H3/t8-,10+,11+,12+,15-/m1/s1. The number of hydrogen-bond acceptors (Lipinski definition) is 4. The molecule has 3 aliphatic rings. The van der Waals surface area contributed by atoms with E-state index in [2.05, 4.69) is 20.4 Å². The van der Waals surface area contributed by atoms with Gasteiger partial charge in [0.2, 0.25) is 0 Å². The van der Waals surface area contributed by atoms with Crippen molar-refractivity contribution in [1.29, 1.82) is 0 Å². The Labute approximate surface area is 113 Å². The van der Waals surface area contributed by atoms with Crippen LogP contribution in [0.15, 0.2) is 12.2 Å². The van der Waals surface area contributed by atoms with Crippen LogP contribution in [0.3, 0.4) is 0 Å². The summed E-state index contributed by atoms with van der Waals surface area (Å²) in [4.78, 5) is 23.2. The van der Waals surface area contributed by atoms with E-state index < -0.39 is 0 Å². The molecule has 2 aliphatic heterocycles. The Kier molecular flexibility index (Phi) is 2.73. The highest BCUT2D eigenvalue weighted by molar-refractivity contribution is 5.90. The first-order chi connectivity index (χ1) is 8.90. The molecule has 0 unspecified atom stereocenters. The van der Waals surface area contributed by atoms with Crippen molar-refractivity contribution in [2.24, 2.45) is 23.2 Å². The topological polar surface area (TPSA) is 52.6 Å². The van der Waals surface area contributed by atoms with Gasteiger partial charge in [-0.05, 0) is 24.7 Å². The van der Waals surface area contributed by atoms with E-state index in [9.17, 15) is 9.59 Å². The van der Waals surface area contributed by atoms with Gasteiger partial charge in [-0.25, -0.2) is 4.79 Å². The fourth-order valence-corrected chi connectivity index (χ4v) is 4.11. The van der Waals surface area contributed by atoms with Crippen LogP contribution in [0, 0.1) is 23.2 Å². The van der Waals surface area contributed by atoms with E-state index in [0.29, 0.717) is 30.4 Å². The van der Waals surface area contributed by atoms with E-state index in [1.54, 1.807) is 0 Å². The molecule has 0 bridgehead atoms. The average molecular weight is 264 g/mol. The summed E-state index contributed by atoms with van der Waals surface area (Å²) in [7, 11) is 0. The number of hydrogen-bond donors (Lipinski definition) is 0. The minimum atomic E-state index is -0.253. The molecule has 0 amide bonds. The number of rotatable bonds is 0. The Bertz CT molecular complexity index is 455. The molecule has 4 heteroatoms. The number of cyclic esters (lactones) is 1. The maximum Gasteiger partial charge on any atom is 0.334 e. The van der Waals surface area contributed by atoms with Gasteiger partial charge in [-0.15, -0.1) is 0 Å². The highest BCUT2D eigenvalue weighted by atomic mass is 16.6. The molecule has 4 nitrogen and oxygen atoms in total. The molecule has 0 aromatic rings. The molecule has 5 atom stereocenters. The van der Waals surface area contributed by atoms with Crippen molar-refractivity contribution in [3.8, 4) is 0 Å². The van der Waals surface area contributed by atoms with Crippen molar-refractivity contribution in [2.45, 2.75) is 39.2 Å². The van der Waals surface area contributed by atoms with E-state index in [-0.39, 0.29) is 29.4 Å². The average Bonchev–Trinajstić information content (AvgIpc) is 2.54. The highest BCUT2D eigenvalue weighted by Gasteiger charge is 2.52. The van der Waals surface area contributed by atoms with E-state index in [1.807, 2.05) is 0 Å². The third kappa shape index (κ3) is 1.88. The van der Waals surface area contributed by atoms with Crippen molar-refractivity contribution in [3.05, 3.63) is 12.2 Å². The highest BCUT2D eigenvalue weighted by Crippen LogP contribution is 2.52. The van der Waals surface area contributed by atoms with Crippen LogP contribution >= 0.6 is 0 Å². The van der Waals surface area contributed by atoms with Crippen LogP contribution in [0.1, 0.15) is 33.1 Å². The number of esters is 2. The molecule has 0 aromatic carbocycles. The normalized spacial score (nSPS) is 45.9. The van der Waals surface area contributed by atoms with Crippen LogP contribution in [-0.2, 0) is 19.1 Å². The largest absolute Gasteiger partial charge is 0.465 e. The minimum absolute atomic E-state index is 0.0625. The minimum Gasteiger partial charge on any atom is -0.465 e. The molecule has 19 heavy (non-hydrogen) atoms. The number of carbonyl (C=O) groups is 2. The van der Waals surface area contributed by atoms with Crippen LogP contribution in [-0.4, -0.2) is 24.6 Å². The van der Waals surface area contributed by atoms with E-state index in [4.69, 9.17) is 9.47 Å². The smallest absolute Gasteiger partial charge is 0.334 e. The lowest BCUT2D eigenvalue weighted by molar-refractivity contribution is -0.162. The fourth-order valence-electron chi connectivity index (χ4n) is 4.11. The molecule has 2 heterocycles. The van der Waals surface area contributed by atoms with Crippen molar-refractivity contribution in [2.75, 3.05) is 6.61 Å². The zero-order valence-electron chi connectivity index (χ0n) is 11.5. The van der Waals surface area contributed by atoms with Crippen LogP contribution in [0.25, 0.3) is 0 Å². The maximum absolute atomic E-state index is 11.7. The van der Waals surface area contributed by atoms with Gasteiger partial charge < -0.3 is 9.47 Å². The van der Waals surface area contributed by atoms with E-state index in [0.717, 1.165) is 12.8 Å². The molecule has 0 N–H and O–H groups in total. The van der Waals surface area contributed by atoms with Gasteiger partial charge in [0.25, 0.3) is 0 Å². The number of ether oxygens (including phenoxy) is 2. The van der Waals surface area contributed by atoms with Gasteiger partial charge in [-0.1, -0.05) is 20.4 Å². The molecule has 0 aromatic heterocycles. The lowest BCUT2D eigenvalue weighted by atomic mass is 9.66. The fraction of sp³-hybridized carbons (Fsp3) is 0.733. The molecule has 0 radical (unpaired) electrons. The lowest BCUT2D eigenvalue weighted by Gasteiger charge is -2.42. The monoisotopic (exact) mass is 264 g/mol. The lowest BCUT2D eigenvalue weighted by Crippen LogP contribution is -2.42. The molecule has 2 saturated heterocycles. The van der Waals surface area contributed by atoms with Crippen molar-refractivity contribution >= 4 is 11.9 Å². The first-order valence-corrected chi connectivity index (χ1v) is 6.96. The number of fused-ring (bicyclic) bond motifs is 2. The second kappa shape index (κ2) is 4.09. The van der Waals surface area contributed by atoms with Crippen molar-refractivity contribution < 1.29 is 19.1 Å². The summed E-state index contributed by atoms with van der Waals surface area (Å²) in [6.07, 6.45) is 2.07. The van der Waals surface area contributed by atoms with Gasteiger partial charge in [0, 0.05) is 23.3 Å². The van der Waals surface area contributed by atoms with Crippen molar-refractivity contribution in [3.63, 3.8) is 0 Å². The van der Waals surface area contributed by atoms with Crippen molar-refractivity contribution in [1.82, 2.24) is 0 Å². The summed E-state index contributed by atoms with van der Waals surface area (Å²) in [5.74, 6) is 0.397. The van der Waals surface area contributed by atoms with Crippen LogP contribution in [0.2, 0.25) is 0 Å². The molecular formula is C15H20O4. The zero-order chi connectivity index (χ0) is 13.8. The Hall–Kier alpha value is -1.32. The first kappa shape index (κ1) is 12.7. The molecule has 0 spiro atoms. The summed E-state index contributed by atoms with van der Waals surface area (Å²) in [5.41, 5.74) is 0.528. The summed E-state index contributed by atoms with van der Waals surface area (Å²) in [6, 6.07) is 0. The van der Waals surface area contributed by atoms with Crippen LogP contribution in [0.5, 0.6) is 0 Å². The zero-order valence-corrected chi connectivity index (χ0v) is 11.5. The predicted molar refractivity (Wildman–Crippen MR) is 68.1 cm³/mol. The predicted octanol–water partition coefficient (Wildman–Crippen LogP) is 2.08. The Morgan fingerprint density at radius 2 is 2.11 bits per heavy atom. The molecule has 1 aliphatic carbocycles. The third-order valence-corrected chi connectivity index (χ3v) is 5.24. The summed E-state index contributed by atoms with van der Waals surface area (Å²) < 4.78 is 10.7. The third-order valence-electron chi connectivity index (χ3n) is 5.24. The molecule has 3 fully saturated rings. The van der Waals surface area contributed by atoms with Gasteiger partial charge in [-0.2, -0.15) is 0 Å². The van der Waals surface area contributed by atoms with Gasteiger partial charge in [-0.3, -0.25) is 4.79 Å². The first-order valence-electron chi connectivity index (χ1n) is 6.96. The Morgan fingerprint density at radius 1 is 1.37 bits per heavy atom.